The summed E-state index contributed by atoms with van der Waals surface area (Å²) in [6.45, 7) is 0.751. The van der Waals surface area contributed by atoms with Crippen LogP contribution in [0.5, 0.6) is 0 Å². The molecule has 1 atom stereocenters. The molecule has 1 aromatic carbocycles. The molecule has 0 aliphatic carbocycles. The summed E-state index contributed by atoms with van der Waals surface area (Å²) in [5, 5.41) is 0. The molecule has 2 rings (SSSR count). The number of rotatable bonds is 5. The number of benzene rings is 1. The fourth-order valence-corrected chi connectivity index (χ4v) is 3.44. The molecule has 4 heteroatoms. The van der Waals surface area contributed by atoms with Gasteiger partial charge >= 0.3 is 0 Å². The maximum absolute atomic E-state index is 13.0. The van der Waals surface area contributed by atoms with E-state index in [0.29, 0.717) is 18.0 Å². The summed E-state index contributed by atoms with van der Waals surface area (Å²) < 4.78 is 13.0. The summed E-state index contributed by atoms with van der Waals surface area (Å²) in [6.07, 6.45) is 1.66. The predicted octanol–water partition coefficient (Wildman–Crippen LogP) is 2.84. The highest BCUT2D eigenvalue weighted by molar-refractivity contribution is 7.99. The SMILES string of the molecule is CN(CCC(=O)c1cccc(F)c1)C1CCSC1. The van der Waals surface area contributed by atoms with Crippen molar-refractivity contribution in [3.05, 3.63) is 35.6 Å². The summed E-state index contributed by atoms with van der Waals surface area (Å²) in [7, 11) is 2.06. The van der Waals surface area contributed by atoms with E-state index in [1.807, 2.05) is 11.8 Å². The van der Waals surface area contributed by atoms with Gasteiger partial charge in [-0.15, -0.1) is 0 Å². The van der Waals surface area contributed by atoms with Gasteiger partial charge in [-0.3, -0.25) is 4.79 Å². The van der Waals surface area contributed by atoms with Gasteiger partial charge in [0, 0.05) is 30.3 Å². The van der Waals surface area contributed by atoms with Crippen molar-refractivity contribution in [2.75, 3.05) is 25.1 Å². The molecular formula is C14H18FNOS. The van der Waals surface area contributed by atoms with Crippen LogP contribution in [0.3, 0.4) is 0 Å². The molecule has 1 aromatic rings. The number of ketones is 1. The van der Waals surface area contributed by atoms with Crippen LogP contribution in [0.15, 0.2) is 24.3 Å². The zero-order chi connectivity index (χ0) is 13.0. The van der Waals surface area contributed by atoms with Gasteiger partial charge in [0.15, 0.2) is 5.78 Å². The minimum Gasteiger partial charge on any atom is -0.302 e. The number of thioether (sulfide) groups is 1. The molecule has 1 saturated heterocycles. The van der Waals surface area contributed by atoms with Gasteiger partial charge in [-0.1, -0.05) is 12.1 Å². The predicted molar refractivity (Wildman–Crippen MR) is 73.7 cm³/mol. The molecule has 1 aliphatic rings. The smallest absolute Gasteiger partial charge is 0.164 e. The lowest BCUT2D eigenvalue weighted by Crippen LogP contribution is -2.33. The van der Waals surface area contributed by atoms with Crippen molar-refractivity contribution in [3.63, 3.8) is 0 Å². The van der Waals surface area contributed by atoms with E-state index in [1.165, 1.54) is 24.3 Å². The summed E-state index contributed by atoms with van der Waals surface area (Å²) >= 11 is 1.97. The molecule has 0 spiro atoms. The largest absolute Gasteiger partial charge is 0.302 e. The minimum atomic E-state index is -0.346. The fourth-order valence-electron chi connectivity index (χ4n) is 2.14. The summed E-state index contributed by atoms with van der Waals surface area (Å²) in [5.41, 5.74) is 0.476. The van der Waals surface area contributed by atoms with E-state index in [0.717, 1.165) is 12.3 Å². The average molecular weight is 267 g/mol. The first kappa shape index (κ1) is 13.6. The van der Waals surface area contributed by atoms with Gasteiger partial charge in [-0.2, -0.15) is 11.8 Å². The van der Waals surface area contributed by atoms with Crippen molar-refractivity contribution < 1.29 is 9.18 Å². The highest BCUT2D eigenvalue weighted by atomic mass is 32.2. The third-order valence-electron chi connectivity index (χ3n) is 3.37. The maximum Gasteiger partial charge on any atom is 0.164 e. The highest BCUT2D eigenvalue weighted by Gasteiger charge is 2.20. The van der Waals surface area contributed by atoms with Gasteiger partial charge in [0.1, 0.15) is 5.82 Å². The Bertz CT molecular complexity index is 418. The molecule has 0 radical (unpaired) electrons. The summed E-state index contributed by atoms with van der Waals surface area (Å²) in [4.78, 5) is 14.2. The van der Waals surface area contributed by atoms with E-state index in [-0.39, 0.29) is 11.6 Å². The molecule has 1 heterocycles. The number of nitrogens with zero attached hydrogens (tertiary/aromatic N) is 1. The molecule has 18 heavy (non-hydrogen) atoms. The number of Topliss-reactive ketones (excluding diaryl/α,β-unsaturated/α-hetero) is 1. The highest BCUT2D eigenvalue weighted by Crippen LogP contribution is 2.21. The summed E-state index contributed by atoms with van der Waals surface area (Å²) in [5.74, 6) is 2.05. The first-order valence-electron chi connectivity index (χ1n) is 6.23. The van der Waals surface area contributed by atoms with Crippen molar-refractivity contribution in [3.8, 4) is 0 Å². The van der Waals surface area contributed by atoms with E-state index in [4.69, 9.17) is 0 Å². The van der Waals surface area contributed by atoms with E-state index >= 15 is 0 Å². The Hall–Kier alpha value is -0.870. The second-order valence-electron chi connectivity index (χ2n) is 4.68. The van der Waals surface area contributed by atoms with Crippen molar-refractivity contribution in [1.82, 2.24) is 4.90 Å². The standard InChI is InChI=1S/C14H18FNOS/c1-16(13-6-8-18-10-13)7-5-14(17)11-3-2-4-12(15)9-11/h2-4,9,13H,5-8,10H2,1H3. The Morgan fingerprint density at radius 2 is 2.39 bits per heavy atom. The van der Waals surface area contributed by atoms with Crippen LogP contribution in [0.25, 0.3) is 0 Å². The van der Waals surface area contributed by atoms with Crippen LogP contribution in [0.4, 0.5) is 4.39 Å². The van der Waals surface area contributed by atoms with Crippen LogP contribution in [-0.4, -0.2) is 41.8 Å². The van der Waals surface area contributed by atoms with Crippen molar-refractivity contribution in [2.24, 2.45) is 0 Å². The first-order chi connectivity index (χ1) is 8.66. The monoisotopic (exact) mass is 267 g/mol. The van der Waals surface area contributed by atoms with Crippen molar-refractivity contribution in [1.29, 1.82) is 0 Å². The van der Waals surface area contributed by atoms with E-state index in [9.17, 15) is 9.18 Å². The number of carbonyl (C=O) groups is 1. The second kappa shape index (κ2) is 6.34. The van der Waals surface area contributed by atoms with Gasteiger partial charge < -0.3 is 4.90 Å². The fraction of sp³-hybridized carbons (Fsp3) is 0.500. The third-order valence-corrected chi connectivity index (χ3v) is 4.51. The van der Waals surface area contributed by atoms with E-state index < -0.39 is 0 Å². The van der Waals surface area contributed by atoms with Crippen LogP contribution < -0.4 is 0 Å². The Morgan fingerprint density at radius 3 is 3.06 bits per heavy atom. The van der Waals surface area contributed by atoms with E-state index in [2.05, 4.69) is 11.9 Å². The number of carbonyl (C=O) groups excluding carboxylic acids is 1. The van der Waals surface area contributed by atoms with Gasteiger partial charge in [0.2, 0.25) is 0 Å². The van der Waals surface area contributed by atoms with Gasteiger partial charge in [0.25, 0.3) is 0 Å². The molecule has 0 bridgehead atoms. The molecule has 1 aliphatic heterocycles. The Balaban J connectivity index is 1.84. The van der Waals surface area contributed by atoms with Crippen molar-refractivity contribution >= 4 is 17.5 Å². The van der Waals surface area contributed by atoms with Gasteiger partial charge in [-0.25, -0.2) is 4.39 Å². The van der Waals surface area contributed by atoms with E-state index in [1.54, 1.807) is 12.1 Å². The van der Waals surface area contributed by atoms with Gasteiger partial charge in [-0.05, 0) is 31.4 Å². The quantitative estimate of drug-likeness (QED) is 0.765. The Morgan fingerprint density at radius 1 is 1.56 bits per heavy atom. The summed E-state index contributed by atoms with van der Waals surface area (Å²) in [6, 6.07) is 6.53. The van der Waals surface area contributed by atoms with Crippen LogP contribution >= 0.6 is 11.8 Å². The lowest BCUT2D eigenvalue weighted by molar-refractivity contribution is 0.0962. The average Bonchev–Trinajstić information content (AvgIpc) is 2.89. The zero-order valence-corrected chi connectivity index (χ0v) is 11.4. The Labute approximate surface area is 112 Å². The molecule has 0 amide bonds. The van der Waals surface area contributed by atoms with Crippen molar-refractivity contribution in [2.45, 2.75) is 18.9 Å². The third kappa shape index (κ3) is 3.56. The topological polar surface area (TPSA) is 20.3 Å². The van der Waals surface area contributed by atoms with Crippen LogP contribution in [0.2, 0.25) is 0 Å². The molecular weight excluding hydrogens is 249 g/mol. The molecule has 0 saturated carbocycles. The van der Waals surface area contributed by atoms with Crippen LogP contribution in [-0.2, 0) is 0 Å². The molecule has 98 valence electrons. The lowest BCUT2D eigenvalue weighted by Gasteiger charge is -2.22. The van der Waals surface area contributed by atoms with Crippen LogP contribution in [0.1, 0.15) is 23.2 Å². The number of halogens is 1. The zero-order valence-electron chi connectivity index (χ0n) is 10.6. The molecule has 1 fully saturated rings. The molecule has 0 N–H and O–H groups in total. The van der Waals surface area contributed by atoms with Crippen LogP contribution in [0, 0.1) is 5.82 Å². The van der Waals surface area contributed by atoms with Gasteiger partial charge in [0.05, 0.1) is 0 Å². The number of hydrogen-bond acceptors (Lipinski definition) is 3. The number of hydrogen-bond donors (Lipinski definition) is 0. The maximum atomic E-state index is 13.0. The first-order valence-corrected chi connectivity index (χ1v) is 7.39. The minimum absolute atomic E-state index is 0.0204. The molecule has 0 aromatic heterocycles. The normalized spacial score (nSPS) is 19.4. The molecule has 2 nitrogen and oxygen atoms in total. The lowest BCUT2D eigenvalue weighted by atomic mass is 10.1. The molecule has 1 unspecified atom stereocenters. The second-order valence-corrected chi connectivity index (χ2v) is 5.83. The Kier molecular flexibility index (Phi) is 4.78.